The second kappa shape index (κ2) is 11.4. The van der Waals surface area contributed by atoms with E-state index < -0.39 is 5.60 Å². The van der Waals surface area contributed by atoms with Gasteiger partial charge in [-0.05, 0) is 65.2 Å². The number of ether oxygens (including phenoxy) is 2. The number of carbonyl (C=O) groups is 1. The van der Waals surface area contributed by atoms with Gasteiger partial charge in [0.1, 0.15) is 11.4 Å². The summed E-state index contributed by atoms with van der Waals surface area (Å²) in [5.41, 5.74) is 6.62. The van der Waals surface area contributed by atoms with Crippen LogP contribution in [0.25, 0.3) is 0 Å². The number of amides is 1. The van der Waals surface area contributed by atoms with Gasteiger partial charge in [0, 0.05) is 25.7 Å². The zero-order valence-electron chi connectivity index (χ0n) is 18.1. The number of methoxy groups -OCH3 is 1. The largest absolute Gasteiger partial charge is 0.497 e. The van der Waals surface area contributed by atoms with Crippen molar-refractivity contribution in [3.05, 3.63) is 29.8 Å². The van der Waals surface area contributed by atoms with Gasteiger partial charge in [-0.25, -0.2) is 4.79 Å². The normalized spacial score (nSPS) is 12.0. The van der Waals surface area contributed by atoms with Gasteiger partial charge in [0.05, 0.1) is 7.11 Å². The van der Waals surface area contributed by atoms with Crippen molar-refractivity contribution < 1.29 is 14.3 Å². The van der Waals surface area contributed by atoms with Gasteiger partial charge < -0.3 is 25.4 Å². The molecule has 7 nitrogen and oxygen atoms in total. The van der Waals surface area contributed by atoms with Crippen molar-refractivity contribution in [2.75, 3.05) is 26.7 Å². The van der Waals surface area contributed by atoms with Crippen LogP contribution < -0.4 is 15.8 Å². The minimum atomic E-state index is -0.499. The van der Waals surface area contributed by atoms with Crippen LogP contribution in [0.15, 0.2) is 29.3 Å². The first-order chi connectivity index (χ1) is 13.1. The lowest BCUT2D eigenvalue weighted by molar-refractivity contribution is 0.0190. The molecule has 3 N–H and O–H groups in total. The molecule has 0 aliphatic rings. The number of hydrogen-bond acceptors (Lipinski definition) is 4. The molecule has 0 saturated carbocycles. The summed E-state index contributed by atoms with van der Waals surface area (Å²) in [5.74, 6) is 1.27. The SMILES string of the molecule is COc1ccc(CCNC(N)=NCCCN(C(=O)OC(C)(C)C)C(C)C)cc1. The lowest BCUT2D eigenvalue weighted by Crippen LogP contribution is -2.41. The molecule has 0 heterocycles. The maximum absolute atomic E-state index is 12.3. The third-order valence-corrected chi connectivity index (χ3v) is 3.97. The van der Waals surface area contributed by atoms with E-state index in [1.807, 2.05) is 58.9 Å². The first kappa shape index (κ1) is 23.6. The van der Waals surface area contributed by atoms with E-state index in [4.69, 9.17) is 15.2 Å². The Balaban J connectivity index is 2.34. The number of nitrogens with one attached hydrogen (secondary N) is 1. The number of hydrogen-bond donors (Lipinski definition) is 2. The second-order valence-corrected chi connectivity index (χ2v) is 7.91. The van der Waals surface area contributed by atoms with Crippen LogP contribution in [0.5, 0.6) is 5.75 Å². The molecule has 1 amide bonds. The lowest BCUT2D eigenvalue weighted by Gasteiger charge is -2.30. The van der Waals surface area contributed by atoms with E-state index in [0.717, 1.165) is 18.6 Å². The summed E-state index contributed by atoms with van der Waals surface area (Å²) in [4.78, 5) is 18.3. The first-order valence-electron chi connectivity index (χ1n) is 9.78. The third kappa shape index (κ3) is 9.48. The topological polar surface area (TPSA) is 89.2 Å². The molecule has 0 fully saturated rings. The third-order valence-electron chi connectivity index (χ3n) is 3.97. The van der Waals surface area contributed by atoms with Gasteiger partial charge >= 0.3 is 6.09 Å². The van der Waals surface area contributed by atoms with Crippen molar-refractivity contribution in [1.29, 1.82) is 0 Å². The highest BCUT2D eigenvalue weighted by Gasteiger charge is 2.23. The zero-order chi connectivity index (χ0) is 21.2. The summed E-state index contributed by atoms with van der Waals surface area (Å²) in [6, 6.07) is 8.02. The maximum Gasteiger partial charge on any atom is 0.410 e. The molecular weight excluding hydrogens is 356 g/mol. The molecule has 0 spiro atoms. The van der Waals surface area contributed by atoms with Crippen LogP contribution >= 0.6 is 0 Å². The Morgan fingerprint density at radius 2 is 1.89 bits per heavy atom. The molecule has 7 heteroatoms. The summed E-state index contributed by atoms with van der Waals surface area (Å²) >= 11 is 0. The predicted octanol–water partition coefficient (Wildman–Crippen LogP) is 3.18. The Kier molecular flexibility index (Phi) is 9.62. The summed E-state index contributed by atoms with van der Waals surface area (Å²) in [7, 11) is 1.65. The van der Waals surface area contributed by atoms with Gasteiger partial charge in [-0.1, -0.05) is 12.1 Å². The molecule has 0 aliphatic carbocycles. The highest BCUT2D eigenvalue weighted by molar-refractivity contribution is 5.77. The molecule has 0 bridgehead atoms. The van der Waals surface area contributed by atoms with Crippen molar-refractivity contribution >= 4 is 12.1 Å². The lowest BCUT2D eigenvalue weighted by atomic mass is 10.1. The highest BCUT2D eigenvalue weighted by atomic mass is 16.6. The van der Waals surface area contributed by atoms with Gasteiger partial charge in [-0.15, -0.1) is 0 Å². The van der Waals surface area contributed by atoms with Gasteiger partial charge in [0.25, 0.3) is 0 Å². The van der Waals surface area contributed by atoms with Crippen LogP contribution in [0.3, 0.4) is 0 Å². The van der Waals surface area contributed by atoms with Crippen molar-refractivity contribution in [3.63, 3.8) is 0 Å². The molecule has 0 saturated heterocycles. The monoisotopic (exact) mass is 392 g/mol. The Bertz CT molecular complexity index is 622. The number of benzene rings is 1. The van der Waals surface area contributed by atoms with E-state index >= 15 is 0 Å². The number of guanidine groups is 1. The fourth-order valence-electron chi connectivity index (χ4n) is 2.50. The van der Waals surface area contributed by atoms with Gasteiger partial charge in [0.2, 0.25) is 0 Å². The molecular formula is C21H36N4O3. The number of rotatable bonds is 9. The molecule has 0 aromatic heterocycles. The van der Waals surface area contributed by atoms with Gasteiger partial charge in [-0.3, -0.25) is 4.99 Å². The molecule has 0 aliphatic heterocycles. The minimum Gasteiger partial charge on any atom is -0.497 e. The van der Waals surface area contributed by atoms with Crippen LogP contribution in [-0.4, -0.2) is 55.3 Å². The van der Waals surface area contributed by atoms with Gasteiger partial charge in [-0.2, -0.15) is 0 Å². The Morgan fingerprint density at radius 1 is 1.25 bits per heavy atom. The molecule has 1 aromatic carbocycles. The molecule has 1 rings (SSSR count). The average Bonchev–Trinajstić information content (AvgIpc) is 2.60. The van der Waals surface area contributed by atoms with Crippen molar-refractivity contribution in [2.24, 2.45) is 10.7 Å². The molecule has 0 atom stereocenters. The van der Waals surface area contributed by atoms with E-state index in [-0.39, 0.29) is 12.1 Å². The minimum absolute atomic E-state index is 0.0683. The average molecular weight is 393 g/mol. The summed E-state index contributed by atoms with van der Waals surface area (Å²) in [6.45, 7) is 11.4. The summed E-state index contributed by atoms with van der Waals surface area (Å²) in [5, 5.41) is 3.12. The molecule has 0 unspecified atom stereocenters. The van der Waals surface area contributed by atoms with Crippen molar-refractivity contribution in [2.45, 2.75) is 59.1 Å². The fourth-order valence-corrected chi connectivity index (χ4v) is 2.50. The van der Waals surface area contributed by atoms with Crippen LogP contribution in [0.2, 0.25) is 0 Å². The zero-order valence-corrected chi connectivity index (χ0v) is 18.1. The number of carbonyl (C=O) groups excluding carboxylic acids is 1. The van der Waals surface area contributed by atoms with E-state index in [1.165, 1.54) is 5.56 Å². The Morgan fingerprint density at radius 3 is 2.43 bits per heavy atom. The van der Waals surface area contributed by atoms with Gasteiger partial charge in [0.15, 0.2) is 5.96 Å². The maximum atomic E-state index is 12.3. The van der Waals surface area contributed by atoms with Crippen molar-refractivity contribution in [3.8, 4) is 5.75 Å². The number of nitrogens with zero attached hydrogens (tertiary/aromatic N) is 2. The first-order valence-corrected chi connectivity index (χ1v) is 9.78. The summed E-state index contributed by atoms with van der Waals surface area (Å²) in [6.07, 6.45) is 1.27. The van der Waals surface area contributed by atoms with E-state index in [9.17, 15) is 4.79 Å². The quantitative estimate of drug-likeness (QED) is 0.383. The predicted molar refractivity (Wildman–Crippen MR) is 114 cm³/mol. The van der Waals surface area contributed by atoms with E-state index in [1.54, 1.807) is 12.0 Å². The van der Waals surface area contributed by atoms with Crippen LogP contribution in [0, 0.1) is 0 Å². The van der Waals surface area contributed by atoms with Crippen LogP contribution in [0.4, 0.5) is 4.79 Å². The molecule has 1 aromatic rings. The van der Waals surface area contributed by atoms with Crippen LogP contribution in [0.1, 0.15) is 46.6 Å². The fraction of sp³-hybridized carbons (Fsp3) is 0.619. The molecule has 0 radical (unpaired) electrons. The standard InChI is InChI=1S/C21H36N4O3/c1-16(2)25(20(26)28-21(3,4)5)15-7-13-23-19(22)24-14-12-17-8-10-18(27-6)11-9-17/h8-11,16H,7,12-15H2,1-6H3,(H3,22,23,24). The number of aliphatic imine (C=N–C) groups is 1. The number of nitrogens with two attached hydrogens (primary N) is 1. The van der Waals surface area contributed by atoms with E-state index in [0.29, 0.717) is 25.6 Å². The van der Waals surface area contributed by atoms with E-state index in [2.05, 4.69) is 10.3 Å². The molecule has 158 valence electrons. The smallest absolute Gasteiger partial charge is 0.410 e. The summed E-state index contributed by atoms with van der Waals surface area (Å²) < 4.78 is 10.6. The molecule has 28 heavy (non-hydrogen) atoms. The Hall–Kier alpha value is -2.44. The second-order valence-electron chi connectivity index (χ2n) is 7.91. The highest BCUT2D eigenvalue weighted by Crippen LogP contribution is 2.13. The Labute approximate surface area is 169 Å². The van der Waals surface area contributed by atoms with Crippen LogP contribution in [-0.2, 0) is 11.2 Å². The van der Waals surface area contributed by atoms with Crippen molar-refractivity contribution in [1.82, 2.24) is 10.2 Å².